The first kappa shape index (κ1) is 16.1. The Bertz CT molecular complexity index is 509. The van der Waals surface area contributed by atoms with Gasteiger partial charge in [-0.15, -0.1) is 0 Å². The number of nitrogens with zero attached hydrogens (tertiary/aromatic N) is 3. The van der Waals surface area contributed by atoms with Gasteiger partial charge >= 0.3 is 6.01 Å². The van der Waals surface area contributed by atoms with Crippen molar-refractivity contribution in [1.82, 2.24) is 14.9 Å². The molecule has 2 heterocycles. The predicted molar refractivity (Wildman–Crippen MR) is 83.4 cm³/mol. The highest BCUT2D eigenvalue weighted by atomic mass is 19.1. The minimum absolute atomic E-state index is 0.000608. The first-order valence-corrected chi connectivity index (χ1v) is 8.62. The Morgan fingerprint density at radius 1 is 1.17 bits per heavy atom. The lowest BCUT2D eigenvalue weighted by Crippen LogP contribution is -2.42. The molecule has 0 aromatic carbocycles. The molecule has 126 valence electrons. The van der Waals surface area contributed by atoms with E-state index in [4.69, 9.17) is 4.74 Å². The predicted octanol–water partition coefficient (Wildman–Crippen LogP) is 2.96. The van der Waals surface area contributed by atoms with Crippen LogP contribution in [-0.4, -0.2) is 40.0 Å². The molecule has 6 heteroatoms. The van der Waals surface area contributed by atoms with Crippen molar-refractivity contribution in [2.75, 3.05) is 13.1 Å². The minimum Gasteiger partial charge on any atom is -0.460 e. The molecule has 0 N–H and O–H groups in total. The van der Waals surface area contributed by atoms with Crippen LogP contribution < -0.4 is 4.74 Å². The summed E-state index contributed by atoms with van der Waals surface area (Å²) >= 11 is 0. The zero-order chi connectivity index (χ0) is 16.1. The van der Waals surface area contributed by atoms with Crippen molar-refractivity contribution < 1.29 is 13.9 Å². The summed E-state index contributed by atoms with van der Waals surface area (Å²) < 4.78 is 18.4. The van der Waals surface area contributed by atoms with Crippen molar-refractivity contribution in [3.63, 3.8) is 0 Å². The van der Waals surface area contributed by atoms with E-state index in [1.165, 1.54) is 25.7 Å². The van der Waals surface area contributed by atoms with Gasteiger partial charge in [-0.3, -0.25) is 4.79 Å². The van der Waals surface area contributed by atoms with Crippen LogP contribution in [0.4, 0.5) is 4.39 Å². The van der Waals surface area contributed by atoms with E-state index in [9.17, 15) is 9.18 Å². The Kier molecular flexibility index (Phi) is 5.41. The molecule has 1 aliphatic heterocycles. The van der Waals surface area contributed by atoms with Crippen LogP contribution in [0.15, 0.2) is 12.4 Å². The molecule has 0 spiro atoms. The van der Waals surface area contributed by atoms with E-state index in [2.05, 4.69) is 9.97 Å². The topological polar surface area (TPSA) is 55.3 Å². The van der Waals surface area contributed by atoms with Crippen LogP contribution >= 0.6 is 0 Å². The van der Waals surface area contributed by atoms with Gasteiger partial charge in [-0.25, -0.2) is 14.4 Å². The molecule has 1 amide bonds. The Hall–Kier alpha value is -1.72. The van der Waals surface area contributed by atoms with Gasteiger partial charge in [-0.1, -0.05) is 25.7 Å². The van der Waals surface area contributed by atoms with Gasteiger partial charge in [0, 0.05) is 32.4 Å². The molecule has 1 aliphatic carbocycles. The van der Waals surface area contributed by atoms with Crippen LogP contribution in [0.5, 0.6) is 6.01 Å². The lowest BCUT2D eigenvalue weighted by molar-refractivity contribution is -0.133. The Labute approximate surface area is 136 Å². The van der Waals surface area contributed by atoms with Crippen molar-refractivity contribution in [3.8, 4) is 6.01 Å². The molecule has 1 aromatic rings. The van der Waals surface area contributed by atoms with Crippen molar-refractivity contribution >= 4 is 5.91 Å². The molecule has 1 saturated heterocycles. The van der Waals surface area contributed by atoms with Crippen molar-refractivity contribution in [3.05, 3.63) is 18.2 Å². The molecule has 23 heavy (non-hydrogen) atoms. The van der Waals surface area contributed by atoms with Crippen LogP contribution in [0.25, 0.3) is 0 Å². The van der Waals surface area contributed by atoms with Gasteiger partial charge < -0.3 is 9.64 Å². The van der Waals surface area contributed by atoms with E-state index in [1.54, 1.807) is 0 Å². The third kappa shape index (κ3) is 4.62. The molecular weight excluding hydrogens is 297 g/mol. The molecule has 0 unspecified atom stereocenters. The summed E-state index contributed by atoms with van der Waals surface area (Å²) in [4.78, 5) is 21.8. The summed E-state index contributed by atoms with van der Waals surface area (Å²) in [6.07, 6.45) is 10.7. The van der Waals surface area contributed by atoms with Gasteiger partial charge in [0.2, 0.25) is 5.91 Å². The molecule has 5 nitrogen and oxygen atoms in total. The van der Waals surface area contributed by atoms with Crippen molar-refractivity contribution in [1.29, 1.82) is 0 Å². The number of hydrogen-bond acceptors (Lipinski definition) is 4. The highest BCUT2D eigenvalue weighted by molar-refractivity contribution is 5.76. The van der Waals surface area contributed by atoms with Gasteiger partial charge in [0.25, 0.3) is 0 Å². The van der Waals surface area contributed by atoms with E-state index in [0.29, 0.717) is 6.42 Å². The number of hydrogen-bond donors (Lipinski definition) is 0. The van der Waals surface area contributed by atoms with Gasteiger partial charge in [0.05, 0.1) is 12.4 Å². The number of aromatic nitrogens is 2. The lowest BCUT2D eigenvalue weighted by Gasteiger charge is -2.32. The molecule has 1 saturated carbocycles. The van der Waals surface area contributed by atoms with Gasteiger partial charge in [0.1, 0.15) is 6.10 Å². The molecule has 3 rings (SSSR count). The first-order chi connectivity index (χ1) is 11.2. The summed E-state index contributed by atoms with van der Waals surface area (Å²) in [7, 11) is 0. The van der Waals surface area contributed by atoms with Crippen LogP contribution in [0.2, 0.25) is 0 Å². The fourth-order valence-corrected chi connectivity index (χ4v) is 3.52. The maximum atomic E-state index is 12.8. The normalized spacial score (nSPS) is 20.0. The summed E-state index contributed by atoms with van der Waals surface area (Å²) in [6, 6.07) is 0.206. The number of likely N-dealkylation sites (tertiary alicyclic amines) is 1. The summed E-state index contributed by atoms with van der Waals surface area (Å²) in [5.74, 6) is 0.559. The molecule has 1 aromatic heterocycles. The highest BCUT2D eigenvalue weighted by Crippen LogP contribution is 2.29. The van der Waals surface area contributed by atoms with Crippen LogP contribution in [0.3, 0.4) is 0 Å². The number of carbonyl (C=O) groups excluding carboxylic acids is 1. The van der Waals surface area contributed by atoms with Crippen LogP contribution in [0.1, 0.15) is 51.4 Å². The number of amides is 1. The minimum atomic E-state index is -0.472. The molecular formula is C17H24FN3O2. The molecule has 0 bridgehead atoms. The van der Waals surface area contributed by atoms with Gasteiger partial charge in [-0.05, 0) is 12.3 Å². The quantitative estimate of drug-likeness (QED) is 0.836. The fraction of sp³-hybridized carbons (Fsp3) is 0.706. The molecule has 0 atom stereocenters. The Morgan fingerprint density at radius 2 is 1.83 bits per heavy atom. The SMILES string of the molecule is O=C(CCC1CCCC1)N1CCC(Oc2ncc(F)cn2)CC1. The van der Waals surface area contributed by atoms with Crippen molar-refractivity contribution in [2.45, 2.75) is 57.5 Å². The zero-order valence-corrected chi connectivity index (χ0v) is 13.4. The maximum Gasteiger partial charge on any atom is 0.316 e. The standard InChI is InChI=1S/C17H24FN3O2/c18-14-11-19-17(20-12-14)23-15-7-9-21(10-8-15)16(22)6-5-13-3-1-2-4-13/h11-13,15H,1-10H2. The molecule has 0 radical (unpaired) electrons. The fourth-order valence-electron chi connectivity index (χ4n) is 3.52. The number of piperidine rings is 1. The van der Waals surface area contributed by atoms with E-state index in [-0.39, 0.29) is 18.0 Å². The zero-order valence-electron chi connectivity index (χ0n) is 13.4. The summed E-state index contributed by atoms with van der Waals surface area (Å²) in [5.41, 5.74) is 0. The first-order valence-electron chi connectivity index (χ1n) is 8.62. The van der Waals surface area contributed by atoms with Gasteiger partial charge in [0.15, 0.2) is 5.82 Å². The van der Waals surface area contributed by atoms with E-state index in [1.807, 2.05) is 4.90 Å². The number of halogens is 1. The van der Waals surface area contributed by atoms with Crippen molar-refractivity contribution in [2.24, 2.45) is 5.92 Å². The van der Waals surface area contributed by atoms with Crippen LogP contribution in [-0.2, 0) is 4.79 Å². The Balaban J connectivity index is 1.39. The number of rotatable bonds is 5. The lowest BCUT2D eigenvalue weighted by atomic mass is 10.0. The monoisotopic (exact) mass is 321 g/mol. The second-order valence-corrected chi connectivity index (χ2v) is 6.57. The second-order valence-electron chi connectivity index (χ2n) is 6.57. The van der Waals surface area contributed by atoms with E-state index >= 15 is 0 Å². The van der Waals surface area contributed by atoms with E-state index < -0.39 is 5.82 Å². The number of ether oxygens (including phenoxy) is 1. The van der Waals surface area contributed by atoms with E-state index in [0.717, 1.165) is 50.7 Å². The highest BCUT2D eigenvalue weighted by Gasteiger charge is 2.25. The summed E-state index contributed by atoms with van der Waals surface area (Å²) in [6.45, 7) is 1.44. The summed E-state index contributed by atoms with van der Waals surface area (Å²) in [5, 5.41) is 0. The van der Waals surface area contributed by atoms with Gasteiger partial charge in [-0.2, -0.15) is 0 Å². The average molecular weight is 321 g/mol. The van der Waals surface area contributed by atoms with Crippen LogP contribution in [0, 0.1) is 11.7 Å². The average Bonchev–Trinajstić information content (AvgIpc) is 3.09. The third-order valence-corrected chi connectivity index (χ3v) is 4.90. The smallest absolute Gasteiger partial charge is 0.316 e. The third-order valence-electron chi connectivity index (χ3n) is 4.90. The number of carbonyl (C=O) groups is 1. The maximum absolute atomic E-state index is 12.8. The largest absolute Gasteiger partial charge is 0.460 e. The molecule has 2 aliphatic rings. The Morgan fingerprint density at radius 3 is 2.48 bits per heavy atom. The second kappa shape index (κ2) is 7.70. The molecule has 2 fully saturated rings.